The first kappa shape index (κ1) is 22.9. The summed E-state index contributed by atoms with van der Waals surface area (Å²) in [4.78, 5) is 4.82. The van der Waals surface area contributed by atoms with Crippen LogP contribution >= 0.6 is 23.2 Å². The molecule has 1 saturated heterocycles. The van der Waals surface area contributed by atoms with E-state index in [1.807, 2.05) is 42.5 Å². The first-order valence-corrected chi connectivity index (χ1v) is 12.6. The lowest BCUT2D eigenvalue weighted by molar-refractivity contribution is -0.159. The number of benzene rings is 2. The number of fused-ring (bicyclic) bond motifs is 1. The minimum absolute atomic E-state index is 0.267. The van der Waals surface area contributed by atoms with Crippen LogP contribution in [0.3, 0.4) is 0 Å². The molecule has 1 aliphatic carbocycles. The van der Waals surface area contributed by atoms with E-state index in [1.54, 1.807) is 0 Å². The molecule has 4 nitrogen and oxygen atoms in total. The molecule has 0 spiro atoms. The predicted molar refractivity (Wildman–Crippen MR) is 134 cm³/mol. The third-order valence-corrected chi connectivity index (χ3v) is 7.44. The van der Waals surface area contributed by atoms with Crippen molar-refractivity contribution in [2.75, 3.05) is 19.8 Å². The maximum atomic E-state index is 6.27. The van der Waals surface area contributed by atoms with Gasteiger partial charge < -0.3 is 14.8 Å². The maximum absolute atomic E-state index is 6.27. The zero-order valence-corrected chi connectivity index (χ0v) is 20.2. The van der Waals surface area contributed by atoms with Crippen molar-refractivity contribution in [1.29, 1.82) is 0 Å². The fraction of sp³-hybridized carbons (Fsp3) is 0.444. The molecule has 0 unspecified atom stereocenters. The van der Waals surface area contributed by atoms with Gasteiger partial charge in [0.2, 0.25) is 0 Å². The number of aromatic nitrogens is 1. The Balaban J connectivity index is 1.06. The highest BCUT2D eigenvalue weighted by molar-refractivity contribution is 6.31. The van der Waals surface area contributed by atoms with Gasteiger partial charge in [0, 0.05) is 33.7 Å². The minimum atomic E-state index is -0.267. The van der Waals surface area contributed by atoms with Crippen molar-refractivity contribution >= 4 is 34.1 Å². The number of rotatable bonds is 8. The summed E-state index contributed by atoms with van der Waals surface area (Å²) >= 11 is 12.1. The highest BCUT2D eigenvalue weighted by Gasteiger charge is 2.41. The predicted octanol–water partition coefficient (Wildman–Crippen LogP) is 6.47. The molecule has 3 aromatic rings. The van der Waals surface area contributed by atoms with Gasteiger partial charge in [-0.25, -0.2) is 0 Å². The van der Waals surface area contributed by atoms with Crippen molar-refractivity contribution in [3.8, 4) is 5.75 Å². The third-order valence-electron chi connectivity index (χ3n) is 6.96. The Morgan fingerprint density at radius 3 is 2.42 bits per heavy atom. The Bertz CT molecular complexity index is 1080. The van der Waals surface area contributed by atoms with Crippen molar-refractivity contribution in [3.05, 3.63) is 70.3 Å². The normalized spacial score (nSPS) is 22.1. The van der Waals surface area contributed by atoms with Crippen molar-refractivity contribution < 1.29 is 9.47 Å². The lowest BCUT2D eigenvalue weighted by Gasteiger charge is -2.43. The van der Waals surface area contributed by atoms with E-state index in [-0.39, 0.29) is 5.60 Å². The molecule has 174 valence electrons. The molecule has 0 atom stereocenters. The Morgan fingerprint density at radius 2 is 1.70 bits per heavy atom. The van der Waals surface area contributed by atoms with Crippen molar-refractivity contribution in [2.45, 2.75) is 50.2 Å². The molecule has 1 aliphatic heterocycles. The molecule has 1 N–H and O–H groups in total. The van der Waals surface area contributed by atoms with Gasteiger partial charge in [-0.15, -0.1) is 0 Å². The Morgan fingerprint density at radius 1 is 0.939 bits per heavy atom. The van der Waals surface area contributed by atoms with Crippen LogP contribution in [-0.2, 0) is 11.2 Å². The number of aryl methyl sites for hydroxylation is 1. The Hall–Kier alpha value is -1.85. The number of nitrogens with zero attached hydrogens (tertiary/aromatic N) is 1. The second-order valence-electron chi connectivity index (χ2n) is 9.51. The molecular formula is C27H30Cl2N2O2. The number of hydrogen-bond donors (Lipinski definition) is 1. The van der Waals surface area contributed by atoms with E-state index in [1.165, 1.54) is 37.8 Å². The zero-order chi connectivity index (χ0) is 22.7. The molecule has 2 heterocycles. The summed E-state index contributed by atoms with van der Waals surface area (Å²) in [6.45, 7) is 2.07. The van der Waals surface area contributed by atoms with Crippen molar-refractivity contribution in [3.63, 3.8) is 0 Å². The summed E-state index contributed by atoms with van der Waals surface area (Å²) in [6, 6.07) is 18.3. The van der Waals surface area contributed by atoms with Crippen LogP contribution in [0.25, 0.3) is 10.9 Å². The van der Waals surface area contributed by atoms with Gasteiger partial charge in [0.25, 0.3) is 0 Å². The van der Waals surface area contributed by atoms with Crippen LogP contribution in [-0.4, -0.2) is 36.4 Å². The molecule has 2 aliphatic rings. The average Bonchev–Trinajstić information content (AvgIpc) is 2.81. The number of pyridine rings is 1. The second kappa shape index (κ2) is 10.2. The molecule has 2 aromatic carbocycles. The molecule has 33 heavy (non-hydrogen) atoms. The lowest BCUT2D eigenvalue weighted by Crippen LogP contribution is -2.61. The van der Waals surface area contributed by atoms with Gasteiger partial charge in [0.05, 0.1) is 18.7 Å². The molecule has 2 fully saturated rings. The van der Waals surface area contributed by atoms with E-state index in [9.17, 15) is 0 Å². The van der Waals surface area contributed by atoms with Crippen LogP contribution in [0.15, 0.2) is 54.6 Å². The van der Waals surface area contributed by atoms with E-state index in [2.05, 4.69) is 17.4 Å². The van der Waals surface area contributed by atoms with Gasteiger partial charge in [-0.1, -0.05) is 29.3 Å². The van der Waals surface area contributed by atoms with E-state index in [0.717, 1.165) is 45.6 Å². The monoisotopic (exact) mass is 484 g/mol. The van der Waals surface area contributed by atoms with Crippen LogP contribution in [0.2, 0.25) is 10.0 Å². The molecule has 6 heteroatoms. The van der Waals surface area contributed by atoms with Gasteiger partial charge in [0.1, 0.15) is 5.75 Å². The minimum Gasteiger partial charge on any atom is -0.481 e. The summed E-state index contributed by atoms with van der Waals surface area (Å²) in [5.41, 5.74) is 1.94. The van der Waals surface area contributed by atoms with Crippen molar-refractivity contribution in [2.24, 2.45) is 5.92 Å². The fourth-order valence-corrected chi connectivity index (χ4v) is 5.20. The molecular weight excluding hydrogens is 455 g/mol. The number of halogens is 2. The molecule has 0 amide bonds. The zero-order valence-electron chi connectivity index (χ0n) is 18.7. The average molecular weight is 485 g/mol. The summed E-state index contributed by atoms with van der Waals surface area (Å²) in [7, 11) is 0. The van der Waals surface area contributed by atoms with Crippen molar-refractivity contribution in [1.82, 2.24) is 10.3 Å². The number of hydrogen-bond acceptors (Lipinski definition) is 4. The molecule has 5 rings (SSSR count). The Kier molecular flexibility index (Phi) is 7.07. The van der Waals surface area contributed by atoms with Gasteiger partial charge in [-0.2, -0.15) is 0 Å². The first-order valence-electron chi connectivity index (χ1n) is 11.9. The number of nitrogens with one attached hydrogen (secondary N) is 1. The van der Waals surface area contributed by atoms with Crippen LogP contribution in [0.5, 0.6) is 5.75 Å². The third kappa shape index (κ3) is 5.81. The van der Waals surface area contributed by atoms with Gasteiger partial charge in [-0.3, -0.25) is 4.98 Å². The standard InChI is InChI=1S/C27H30Cl2N2O2/c28-21-5-12-25(13-6-21)33-27(17-32-18-27)16-30-23-8-1-19(2-9-23)3-10-24-11-4-20-15-22(29)7-14-26(20)31-24/h4-7,11-15,19,23,30H,1-3,8-10,16-18H2. The summed E-state index contributed by atoms with van der Waals surface area (Å²) < 4.78 is 11.8. The highest BCUT2D eigenvalue weighted by Crippen LogP contribution is 2.30. The van der Waals surface area contributed by atoms with E-state index in [0.29, 0.717) is 19.3 Å². The van der Waals surface area contributed by atoms with Crippen LogP contribution in [0, 0.1) is 5.92 Å². The largest absolute Gasteiger partial charge is 0.481 e. The summed E-state index contributed by atoms with van der Waals surface area (Å²) in [6.07, 6.45) is 7.20. The Labute approximate surface area is 205 Å². The fourth-order valence-electron chi connectivity index (χ4n) is 4.89. The quantitative estimate of drug-likeness (QED) is 0.397. The molecule has 0 bridgehead atoms. The lowest BCUT2D eigenvalue weighted by atomic mass is 9.83. The van der Waals surface area contributed by atoms with Gasteiger partial charge >= 0.3 is 0 Å². The topological polar surface area (TPSA) is 43.4 Å². The molecule has 1 aromatic heterocycles. The maximum Gasteiger partial charge on any atom is 0.167 e. The first-order chi connectivity index (χ1) is 16.1. The smallest absolute Gasteiger partial charge is 0.167 e. The van der Waals surface area contributed by atoms with Crippen LogP contribution < -0.4 is 10.1 Å². The summed E-state index contributed by atoms with van der Waals surface area (Å²) in [5.74, 6) is 1.62. The van der Waals surface area contributed by atoms with E-state index >= 15 is 0 Å². The second-order valence-corrected chi connectivity index (χ2v) is 10.4. The highest BCUT2D eigenvalue weighted by atomic mass is 35.5. The number of ether oxygens (including phenoxy) is 2. The van der Waals surface area contributed by atoms with Crippen LogP contribution in [0.1, 0.15) is 37.8 Å². The molecule has 0 radical (unpaired) electrons. The SMILES string of the molecule is Clc1ccc(OC2(CNC3CCC(CCc4ccc5cc(Cl)ccc5n4)CC3)COC2)cc1. The van der Waals surface area contributed by atoms with E-state index < -0.39 is 0 Å². The summed E-state index contributed by atoms with van der Waals surface area (Å²) in [5, 5.41) is 6.34. The van der Waals surface area contributed by atoms with Gasteiger partial charge in [0.15, 0.2) is 5.60 Å². The van der Waals surface area contributed by atoms with Crippen LogP contribution in [0.4, 0.5) is 0 Å². The van der Waals surface area contributed by atoms with E-state index in [4.69, 9.17) is 37.7 Å². The van der Waals surface area contributed by atoms with Gasteiger partial charge in [-0.05, 0) is 93.0 Å². The molecule has 1 saturated carbocycles.